The van der Waals surface area contributed by atoms with E-state index in [1.807, 2.05) is 36.4 Å². The summed E-state index contributed by atoms with van der Waals surface area (Å²) >= 11 is 0. The Kier molecular flexibility index (Phi) is 2.45. The third-order valence-electron chi connectivity index (χ3n) is 3.11. The van der Waals surface area contributed by atoms with E-state index in [1.165, 1.54) is 0 Å². The van der Waals surface area contributed by atoms with Crippen LogP contribution >= 0.6 is 0 Å². The molecule has 18 heavy (non-hydrogen) atoms. The highest BCUT2D eigenvalue weighted by Gasteiger charge is 2.21. The highest BCUT2D eigenvalue weighted by atomic mass is 16.5. The van der Waals surface area contributed by atoms with Crippen LogP contribution in [-0.4, -0.2) is 18.9 Å². The lowest BCUT2D eigenvalue weighted by atomic mass is 9.88. The molecule has 0 N–H and O–H groups in total. The summed E-state index contributed by atoms with van der Waals surface area (Å²) in [6.07, 6.45) is 1.79. The lowest BCUT2D eigenvalue weighted by molar-refractivity contribution is -0.127. The van der Waals surface area contributed by atoms with Crippen molar-refractivity contribution in [2.45, 2.75) is 0 Å². The van der Waals surface area contributed by atoms with Gasteiger partial charge >= 0.3 is 0 Å². The SMILES string of the molecule is O=COCC1=Cc2cccc3cccc(c23)C1=O. The van der Waals surface area contributed by atoms with Gasteiger partial charge in [-0.2, -0.15) is 0 Å². The molecule has 1 aliphatic carbocycles. The first-order valence-electron chi connectivity index (χ1n) is 5.63. The molecule has 2 aromatic rings. The number of rotatable bonds is 3. The summed E-state index contributed by atoms with van der Waals surface area (Å²) in [7, 11) is 0. The van der Waals surface area contributed by atoms with Gasteiger partial charge in [-0.15, -0.1) is 0 Å². The zero-order valence-electron chi connectivity index (χ0n) is 9.55. The minimum atomic E-state index is -0.0684. The number of Topliss-reactive ketones (excluding diaryl/α,β-unsaturated/α-hetero) is 1. The molecule has 0 radical (unpaired) electrons. The molecule has 88 valence electrons. The van der Waals surface area contributed by atoms with Crippen LogP contribution < -0.4 is 0 Å². The summed E-state index contributed by atoms with van der Waals surface area (Å²) in [5, 5.41) is 2.02. The molecule has 0 saturated heterocycles. The predicted octanol–water partition coefficient (Wildman–Crippen LogP) is 2.59. The zero-order chi connectivity index (χ0) is 12.5. The van der Waals surface area contributed by atoms with Crippen molar-refractivity contribution in [3.63, 3.8) is 0 Å². The van der Waals surface area contributed by atoms with Crippen LogP contribution in [0.4, 0.5) is 0 Å². The van der Waals surface area contributed by atoms with Crippen LogP contribution in [-0.2, 0) is 9.53 Å². The standard InChI is InChI=1S/C15H10O3/c16-9-18-8-12-7-11-5-1-3-10-4-2-6-13(14(10)11)15(12)17/h1-7,9H,8H2. The molecule has 0 bridgehead atoms. The third-order valence-corrected chi connectivity index (χ3v) is 3.11. The average Bonchev–Trinajstić information content (AvgIpc) is 2.41. The molecule has 0 spiro atoms. The Morgan fingerprint density at radius 3 is 2.67 bits per heavy atom. The van der Waals surface area contributed by atoms with Gasteiger partial charge in [0, 0.05) is 16.5 Å². The van der Waals surface area contributed by atoms with E-state index >= 15 is 0 Å². The maximum Gasteiger partial charge on any atom is 0.293 e. The highest BCUT2D eigenvalue weighted by Crippen LogP contribution is 2.31. The van der Waals surface area contributed by atoms with Crippen molar-refractivity contribution in [3.8, 4) is 0 Å². The van der Waals surface area contributed by atoms with E-state index in [0.29, 0.717) is 17.6 Å². The Morgan fingerprint density at radius 2 is 1.89 bits per heavy atom. The number of hydrogen-bond donors (Lipinski definition) is 0. The molecule has 0 aromatic heterocycles. The maximum absolute atomic E-state index is 12.2. The van der Waals surface area contributed by atoms with E-state index in [1.54, 1.807) is 6.08 Å². The summed E-state index contributed by atoms with van der Waals surface area (Å²) in [4.78, 5) is 22.5. The van der Waals surface area contributed by atoms with Gasteiger partial charge in [0.25, 0.3) is 6.47 Å². The van der Waals surface area contributed by atoms with E-state index in [9.17, 15) is 9.59 Å². The highest BCUT2D eigenvalue weighted by molar-refractivity contribution is 6.22. The Hall–Kier alpha value is -2.42. The van der Waals surface area contributed by atoms with Crippen molar-refractivity contribution >= 4 is 29.1 Å². The van der Waals surface area contributed by atoms with Crippen molar-refractivity contribution in [2.75, 3.05) is 6.61 Å². The van der Waals surface area contributed by atoms with E-state index in [2.05, 4.69) is 4.74 Å². The van der Waals surface area contributed by atoms with Gasteiger partial charge in [0.15, 0.2) is 5.78 Å². The van der Waals surface area contributed by atoms with E-state index in [4.69, 9.17) is 0 Å². The van der Waals surface area contributed by atoms with Gasteiger partial charge in [-0.3, -0.25) is 9.59 Å². The second-order valence-corrected chi connectivity index (χ2v) is 4.16. The minimum absolute atomic E-state index is 0.0209. The number of hydrogen-bond acceptors (Lipinski definition) is 3. The fourth-order valence-electron chi connectivity index (χ4n) is 2.34. The van der Waals surface area contributed by atoms with Crippen LogP contribution in [0.1, 0.15) is 15.9 Å². The molecule has 0 saturated carbocycles. The number of carbonyl (C=O) groups is 2. The molecular formula is C15H10O3. The molecule has 2 aromatic carbocycles. The average molecular weight is 238 g/mol. The Labute approximate surface area is 104 Å². The van der Waals surface area contributed by atoms with Crippen molar-refractivity contribution in [3.05, 3.63) is 53.1 Å². The second kappa shape index (κ2) is 4.11. The van der Waals surface area contributed by atoms with Crippen molar-refractivity contribution < 1.29 is 14.3 Å². The van der Waals surface area contributed by atoms with Gasteiger partial charge < -0.3 is 4.74 Å². The molecule has 0 fully saturated rings. The van der Waals surface area contributed by atoms with Crippen LogP contribution in [0.3, 0.4) is 0 Å². The van der Waals surface area contributed by atoms with Crippen LogP contribution in [0.15, 0.2) is 42.0 Å². The molecule has 0 unspecified atom stereocenters. The van der Waals surface area contributed by atoms with Crippen LogP contribution in [0.2, 0.25) is 0 Å². The van der Waals surface area contributed by atoms with Gasteiger partial charge in [0.2, 0.25) is 0 Å². The monoisotopic (exact) mass is 238 g/mol. The first-order valence-corrected chi connectivity index (χ1v) is 5.63. The van der Waals surface area contributed by atoms with Crippen LogP contribution in [0.25, 0.3) is 16.8 Å². The maximum atomic E-state index is 12.2. The zero-order valence-corrected chi connectivity index (χ0v) is 9.55. The van der Waals surface area contributed by atoms with Crippen LogP contribution in [0, 0.1) is 0 Å². The fourth-order valence-corrected chi connectivity index (χ4v) is 2.34. The van der Waals surface area contributed by atoms with Gasteiger partial charge in [-0.1, -0.05) is 36.4 Å². The van der Waals surface area contributed by atoms with E-state index in [0.717, 1.165) is 16.3 Å². The largest absolute Gasteiger partial charge is 0.463 e. The fraction of sp³-hybridized carbons (Fsp3) is 0.0667. The van der Waals surface area contributed by atoms with E-state index in [-0.39, 0.29) is 12.4 Å². The Bertz CT molecular complexity index is 678. The number of ketones is 1. The topological polar surface area (TPSA) is 43.4 Å². The van der Waals surface area contributed by atoms with Crippen LogP contribution in [0.5, 0.6) is 0 Å². The lowest BCUT2D eigenvalue weighted by Crippen LogP contribution is -2.13. The summed E-state index contributed by atoms with van der Waals surface area (Å²) in [5.41, 5.74) is 2.18. The van der Waals surface area contributed by atoms with Gasteiger partial charge in [-0.25, -0.2) is 0 Å². The third kappa shape index (κ3) is 1.52. The summed E-state index contributed by atoms with van der Waals surface area (Å²) in [6, 6.07) is 11.5. The summed E-state index contributed by atoms with van der Waals surface area (Å²) in [5.74, 6) is -0.0684. The number of benzene rings is 2. The molecule has 0 amide bonds. The quantitative estimate of drug-likeness (QED) is 0.772. The summed E-state index contributed by atoms with van der Waals surface area (Å²) in [6.45, 7) is 0.377. The molecular weight excluding hydrogens is 228 g/mol. The summed E-state index contributed by atoms with van der Waals surface area (Å²) < 4.78 is 4.68. The normalized spacial score (nSPS) is 13.3. The first kappa shape index (κ1) is 10.7. The number of ether oxygens (including phenoxy) is 1. The van der Waals surface area contributed by atoms with Crippen molar-refractivity contribution in [2.24, 2.45) is 0 Å². The molecule has 1 aliphatic rings. The molecule has 3 nitrogen and oxygen atoms in total. The molecule has 0 heterocycles. The molecule has 3 heteroatoms. The molecule has 0 atom stereocenters. The Morgan fingerprint density at radius 1 is 1.11 bits per heavy atom. The lowest BCUT2D eigenvalue weighted by Gasteiger charge is -2.16. The smallest absolute Gasteiger partial charge is 0.293 e. The van der Waals surface area contributed by atoms with Gasteiger partial charge in [0.05, 0.1) is 0 Å². The molecule has 3 rings (SSSR count). The minimum Gasteiger partial charge on any atom is -0.463 e. The van der Waals surface area contributed by atoms with Gasteiger partial charge in [-0.05, 0) is 17.0 Å². The Balaban J connectivity index is 2.22. The van der Waals surface area contributed by atoms with Crippen molar-refractivity contribution in [1.82, 2.24) is 0 Å². The van der Waals surface area contributed by atoms with E-state index < -0.39 is 0 Å². The van der Waals surface area contributed by atoms with Gasteiger partial charge in [0.1, 0.15) is 6.61 Å². The van der Waals surface area contributed by atoms with Crippen molar-refractivity contribution in [1.29, 1.82) is 0 Å². The first-order chi connectivity index (χ1) is 8.81. The molecule has 0 aliphatic heterocycles. The number of carbonyl (C=O) groups excluding carboxylic acids is 2. The predicted molar refractivity (Wildman–Crippen MR) is 68.3 cm³/mol. The second-order valence-electron chi connectivity index (χ2n) is 4.16.